The molecule has 0 radical (unpaired) electrons. The van der Waals surface area contributed by atoms with Gasteiger partial charge in [0.1, 0.15) is 23.5 Å². The number of hydrogen-bond donors (Lipinski definition) is 2. The zero-order valence-corrected chi connectivity index (χ0v) is 15.4. The molecule has 0 fully saturated rings. The van der Waals surface area contributed by atoms with Crippen molar-refractivity contribution in [1.82, 2.24) is 15.0 Å². The van der Waals surface area contributed by atoms with E-state index < -0.39 is 0 Å². The fourth-order valence-electron chi connectivity index (χ4n) is 2.86. The minimum atomic E-state index is 0.288. The van der Waals surface area contributed by atoms with E-state index in [2.05, 4.69) is 33.2 Å². The van der Waals surface area contributed by atoms with Gasteiger partial charge >= 0.3 is 0 Å². The van der Waals surface area contributed by atoms with Gasteiger partial charge in [0.05, 0.1) is 16.3 Å². The number of fused-ring (bicyclic) bond motifs is 1. The van der Waals surface area contributed by atoms with Gasteiger partial charge in [0.15, 0.2) is 0 Å². The summed E-state index contributed by atoms with van der Waals surface area (Å²) in [5.74, 6) is 2.48. The van der Waals surface area contributed by atoms with Crippen LogP contribution in [-0.4, -0.2) is 28.0 Å². The lowest BCUT2D eigenvalue weighted by Gasteiger charge is -2.14. The number of anilines is 2. The highest BCUT2D eigenvalue weighted by atomic mass is 32.2. The van der Waals surface area contributed by atoms with Crippen molar-refractivity contribution in [3.05, 3.63) is 65.5 Å². The van der Waals surface area contributed by atoms with Crippen molar-refractivity contribution in [1.29, 1.82) is 5.26 Å². The van der Waals surface area contributed by atoms with Crippen molar-refractivity contribution in [3.63, 3.8) is 0 Å². The molecular formula is C20H18N6S. The molecule has 27 heavy (non-hydrogen) atoms. The van der Waals surface area contributed by atoms with Gasteiger partial charge < -0.3 is 10.6 Å². The van der Waals surface area contributed by atoms with Gasteiger partial charge in [0, 0.05) is 24.7 Å². The summed E-state index contributed by atoms with van der Waals surface area (Å²) >= 11 is 1.76. The maximum absolute atomic E-state index is 8.82. The molecule has 0 saturated carbocycles. The second-order valence-corrected chi connectivity index (χ2v) is 7.19. The average Bonchev–Trinajstić information content (AvgIpc) is 3.26. The van der Waals surface area contributed by atoms with Gasteiger partial charge in [-0.15, -0.1) is 11.8 Å². The molecule has 1 aliphatic rings. The van der Waals surface area contributed by atoms with E-state index in [4.69, 9.17) is 15.2 Å². The Morgan fingerprint density at radius 2 is 2.00 bits per heavy atom. The lowest BCUT2D eigenvalue weighted by atomic mass is 10.2. The number of nitrogens with one attached hydrogen (secondary N) is 2. The molecule has 2 aromatic heterocycles. The van der Waals surface area contributed by atoms with Crippen LogP contribution >= 0.6 is 11.8 Å². The highest BCUT2D eigenvalue weighted by Gasteiger charge is 2.18. The van der Waals surface area contributed by atoms with Crippen LogP contribution in [0.15, 0.2) is 54.1 Å². The monoisotopic (exact) mass is 374 g/mol. The number of pyridine rings is 1. The molecule has 1 unspecified atom stereocenters. The number of aromatic nitrogens is 3. The molecule has 134 valence electrons. The summed E-state index contributed by atoms with van der Waals surface area (Å²) in [5, 5.41) is 18.9. The molecule has 0 saturated heterocycles. The van der Waals surface area contributed by atoms with Gasteiger partial charge in [-0.1, -0.05) is 18.2 Å². The molecule has 0 bridgehead atoms. The number of thioether (sulfide) groups is 1. The molecule has 1 aromatic carbocycles. The van der Waals surface area contributed by atoms with Gasteiger partial charge in [-0.05, 0) is 36.1 Å². The Morgan fingerprint density at radius 3 is 2.78 bits per heavy atom. The van der Waals surface area contributed by atoms with Crippen molar-refractivity contribution < 1.29 is 0 Å². The van der Waals surface area contributed by atoms with Crippen molar-refractivity contribution in [2.24, 2.45) is 0 Å². The molecule has 1 aliphatic heterocycles. The summed E-state index contributed by atoms with van der Waals surface area (Å²) in [5.41, 5.74) is 1.51. The summed E-state index contributed by atoms with van der Waals surface area (Å²) in [6.07, 6.45) is 4.69. The molecule has 0 spiro atoms. The Hall–Kier alpha value is -3.11. The SMILES string of the molecule is N#Cc1ccc(NCCNc2nc(C3CC=CS3)nc3ccccc23)nc1. The standard InChI is InChI=1S/C20H18N6S/c21-12-14-7-8-18(24-13-14)22-9-10-23-19-15-4-1-2-5-16(15)25-20(26-19)17-6-3-11-27-17/h1-5,7-8,11,13,17H,6,9-10H2,(H,22,24)(H,23,25,26). The van der Waals surface area contributed by atoms with E-state index in [1.807, 2.05) is 24.3 Å². The van der Waals surface area contributed by atoms with Gasteiger partial charge in [-0.3, -0.25) is 0 Å². The van der Waals surface area contributed by atoms with Crippen LogP contribution < -0.4 is 10.6 Å². The molecule has 3 aromatic rings. The molecule has 6 nitrogen and oxygen atoms in total. The fourth-order valence-corrected chi connectivity index (χ4v) is 3.72. The van der Waals surface area contributed by atoms with Crippen molar-refractivity contribution in [2.75, 3.05) is 23.7 Å². The van der Waals surface area contributed by atoms with Crippen molar-refractivity contribution in [3.8, 4) is 6.07 Å². The first-order chi connectivity index (χ1) is 13.3. The summed E-state index contributed by atoms with van der Waals surface area (Å²) in [4.78, 5) is 13.7. The Balaban J connectivity index is 1.45. The Bertz CT molecular complexity index is 1000. The third-order valence-corrected chi connectivity index (χ3v) is 5.30. The molecule has 0 aliphatic carbocycles. The van der Waals surface area contributed by atoms with Crippen molar-refractivity contribution in [2.45, 2.75) is 11.7 Å². The first-order valence-electron chi connectivity index (χ1n) is 8.74. The minimum absolute atomic E-state index is 0.288. The Kier molecular flexibility index (Phi) is 5.17. The molecule has 1 atom stereocenters. The van der Waals surface area contributed by atoms with E-state index in [9.17, 15) is 0 Å². The number of allylic oxidation sites excluding steroid dienone is 1. The van der Waals surface area contributed by atoms with Crippen LogP contribution in [0.1, 0.15) is 23.1 Å². The molecular weight excluding hydrogens is 356 g/mol. The lowest BCUT2D eigenvalue weighted by molar-refractivity contribution is 0.880. The lowest BCUT2D eigenvalue weighted by Crippen LogP contribution is -2.16. The number of para-hydroxylation sites is 1. The van der Waals surface area contributed by atoms with Crippen LogP contribution in [0.25, 0.3) is 10.9 Å². The largest absolute Gasteiger partial charge is 0.368 e. The second-order valence-electron chi connectivity index (χ2n) is 6.08. The van der Waals surface area contributed by atoms with Gasteiger partial charge in [0.25, 0.3) is 0 Å². The highest BCUT2D eigenvalue weighted by Crippen LogP contribution is 2.37. The number of hydrogen-bond acceptors (Lipinski definition) is 7. The van der Waals surface area contributed by atoms with Crippen LogP contribution in [0.5, 0.6) is 0 Å². The van der Waals surface area contributed by atoms with E-state index in [0.717, 1.165) is 34.8 Å². The van der Waals surface area contributed by atoms with Crippen molar-refractivity contribution >= 4 is 34.3 Å². The summed E-state index contributed by atoms with van der Waals surface area (Å²) in [7, 11) is 0. The normalized spacial score (nSPS) is 15.6. The third kappa shape index (κ3) is 4.01. The van der Waals surface area contributed by atoms with E-state index in [0.29, 0.717) is 18.7 Å². The number of nitrogens with zero attached hydrogens (tertiary/aromatic N) is 4. The quantitative estimate of drug-likeness (QED) is 0.628. The predicted molar refractivity (Wildman–Crippen MR) is 110 cm³/mol. The minimum Gasteiger partial charge on any atom is -0.368 e. The predicted octanol–water partition coefficient (Wildman–Crippen LogP) is 4.11. The highest BCUT2D eigenvalue weighted by molar-refractivity contribution is 8.02. The maximum Gasteiger partial charge on any atom is 0.145 e. The third-order valence-electron chi connectivity index (χ3n) is 4.21. The summed E-state index contributed by atoms with van der Waals surface area (Å²) in [6, 6.07) is 13.7. The first-order valence-corrected chi connectivity index (χ1v) is 9.69. The summed E-state index contributed by atoms with van der Waals surface area (Å²) in [6.45, 7) is 1.38. The topological polar surface area (TPSA) is 86.5 Å². The van der Waals surface area contributed by atoms with Crippen LogP contribution in [0.3, 0.4) is 0 Å². The van der Waals surface area contributed by atoms with Gasteiger partial charge in [0.2, 0.25) is 0 Å². The van der Waals surface area contributed by atoms with Gasteiger partial charge in [-0.25, -0.2) is 15.0 Å². The molecule has 0 amide bonds. The zero-order chi connectivity index (χ0) is 18.5. The van der Waals surface area contributed by atoms with Crippen LogP contribution in [0.4, 0.5) is 11.6 Å². The molecule has 3 heterocycles. The Morgan fingerprint density at radius 1 is 1.11 bits per heavy atom. The molecule has 4 rings (SSSR count). The van der Waals surface area contributed by atoms with Crippen LogP contribution in [0, 0.1) is 11.3 Å². The number of nitriles is 1. The second kappa shape index (κ2) is 8.06. The number of benzene rings is 1. The fraction of sp³-hybridized carbons (Fsp3) is 0.200. The first kappa shape index (κ1) is 17.3. The van der Waals surface area contributed by atoms with Crippen LogP contribution in [0.2, 0.25) is 0 Å². The Labute approximate surface area is 161 Å². The van der Waals surface area contributed by atoms with E-state index in [1.165, 1.54) is 0 Å². The van der Waals surface area contributed by atoms with E-state index >= 15 is 0 Å². The van der Waals surface area contributed by atoms with Gasteiger partial charge in [-0.2, -0.15) is 5.26 Å². The van der Waals surface area contributed by atoms with E-state index in [-0.39, 0.29) is 5.25 Å². The zero-order valence-electron chi connectivity index (χ0n) is 14.6. The smallest absolute Gasteiger partial charge is 0.145 e. The maximum atomic E-state index is 8.82. The van der Waals surface area contributed by atoms with E-state index in [1.54, 1.807) is 30.1 Å². The molecule has 7 heteroatoms. The number of rotatable bonds is 6. The average molecular weight is 374 g/mol. The van der Waals surface area contributed by atoms with Crippen LogP contribution in [-0.2, 0) is 0 Å². The summed E-state index contributed by atoms with van der Waals surface area (Å²) < 4.78 is 0. The molecule has 2 N–H and O–H groups in total.